The molecule has 0 fully saturated rings. The lowest BCUT2D eigenvalue weighted by molar-refractivity contribution is -0.137. The third kappa shape index (κ3) is 8.32. The molecule has 28 heavy (non-hydrogen) atoms. The largest absolute Gasteiger partial charge is 0.395 e. The summed E-state index contributed by atoms with van der Waals surface area (Å²) in [6.07, 6.45) is 0.312. The zero-order chi connectivity index (χ0) is 20.8. The number of aldehydes is 1. The molecule has 0 saturated heterocycles. The van der Waals surface area contributed by atoms with Crippen molar-refractivity contribution in [3.63, 3.8) is 0 Å². The maximum Gasteiger partial charge on any atom is 0.238 e. The number of ether oxygens (including phenoxy) is 1. The molecule has 0 bridgehead atoms. The molecule has 0 aliphatic carbocycles. The predicted octanol–water partition coefficient (Wildman–Crippen LogP) is -0.816. The highest BCUT2D eigenvalue weighted by molar-refractivity contribution is 5.78. The van der Waals surface area contributed by atoms with Crippen molar-refractivity contribution < 1.29 is 29.6 Å². The summed E-state index contributed by atoms with van der Waals surface area (Å²) >= 11 is 0. The van der Waals surface area contributed by atoms with E-state index in [1.807, 2.05) is 30.3 Å². The van der Waals surface area contributed by atoms with Gasteiger partial charge in [-0.1, -0.05) is 18.2 Å². The molecular weight excluding hydrogens is 366 g/mol. The predicted molar refractivity (Wildman–Crippen MR) is 105 cm³/mol. The van der Waals surface area contributed by atoms with Crippen LogP contribution in [0.3, 0.4) is 0 Å². The smallest absolute Gasteiger partial charge is 0.238 e. The van der Waals surface area contributed by atoms with E-state index in [9.17, 15) is 14.7 Å². The maximum atomic E-state index is 11.9. The van der Waals surface area contributed by atoms with Gasteiger partial charge in [-0.05, 0) is 32.0 Å². The zero-order valence-corrected chi connectivity index (χ0v) is 16.2. The Hall–Kier alpha value is -2.04. The average molecular weight is 397 g/mol. The van der Waals surface area contributed by atoms with Gasteiger partial charge in [0.2, 0.25) is 5.91 Å². The molecule has 2 unspecified atom stereocenters. The van der Waals surface area contributed by atoms with Crippen LogP contribution in [0.2, 0.25) is 0 Å². The highest BCUT2D eigenvalue weighted by Crippen LogP contribution is 2.19. The average Bonchev–Trinajstić information content (AvgIpc) is 2.73. The number of nitrogens with one attached hydrogen (secondary N) is 2. The number of carbonyl (C=O) groups excluding carboxylic acids is 2. The molecule has 158 valence electrons. The second kappa shape index (κ2) is 13.2. The summed E-state index contributed by atoms with van der Waals surface area (Å²) in [6.45, 7) is 1.22. The van der Waals surface area contributed by atoms with Crippen LogP contribution in [0.1, 0.15) is 13.3 Å². The fraction of sp³-hybridized carbons (Fsp3) is 0.579. The first-order valence-electron chi connectivity index (χ1n) is 9.23. The molecule has 9 nitrogen and oxygen atoms in total. The van der Waals surface area contributed by atoms with Gasteiger partial charge in [-0.2, -0.15) is 0 Å². The maximum absolute atomic E-state index is 11.9. The van der Waals surface area contributed by atoms with E-state index in [0.29, 0.717) is 19.3 Å². The minimum absolute atomic E-state index is 0.0303. The lowest BCUT2D eigenvalue weighted by Gasteiger charge is -2.34. The van der Waals surface area contributed by atoms with Crippen LogP contribution in [0, 0.1) is 0 Å². The third-order valence-corrected chi connectivity index (χ3v) is 4.23. The number of carbonyl (C=O) groups is 2. The summed E-state index contributed by atoms with van der Waals surface area (Å²) in [5, 5.41) is 34.1. The minimum Gasteiger partial charge on any atom is -0.395 e. The van der Waals surface area contributed by atoms with Crippen LogP contribution < -0.4 is 10.6 Å². The van der Waals surface area contributed by atoms with Crippen molar-refractivity contribution in [1.29, 1.82) is 0 Å². The summed E-state index contributed by atoms with van der Waals surface area (Å²) in [6, 6.07) is 9.41. The number of aliphatic hydroxyl groups is 3. The van der Waals surface area contributed by atoms with Crippen molar-refractivity contribution in [3.8, 4) is 0 Å². The quantitative estimate of drug-likeness (QED) is 0.147. The molecule has 0 heterocycles. The van der Waals surface area contributed by atoms with Crippen molar-refractivity contribution in [3.05, 3.63) is 30.3 Å². The summed E-state index contributed by atoms with van der Waals surface area (Å²) in [7, 11) is 0. The number of aliphatic hydroxyl groups excluding tert-OH is 3. The first kappa shape index (κ1) is 24.0. The van der Waals surface area contributed by atoms with E-state index in [1.165, 1.54) is 0 Å². The van der Waals surface area contributed by atoms with Crippen LogP contribution in [0.4, 0.5) is 5.69 Å². The summed E-state index contributed by atoms with van der Waals surface area (Å²) < 4.78 is 5.78. The Morgan fingerprint density at radius 3 is 2.57 bits per heavy atom. The van der Waals surface area contributed by atoms with Crippen LogP contribution in [0.15, 0.2) is 30.3 Å². The van der Waals surface area contributed by atoms with Gasteiger partial charge in [0, 0.05) is 18.8 Å². The highest BCUT2D eigenvalue weighted by Gasteiger charge is 2.32. The zero-order valence-electron chi connectivity index (χ0n) is 16.2. The molecule has 0 aromatic heterocycles. The van der Waals surface area contributed by atoms with E-state index in [2.05, 4.69) is 10.6 Å². The molecule has 1 aromatic rings. The summed E-state index contributed by atoms with van der Waals surface area (Å²) in [4.78, 5) is 24.1. The van der Waals surface area contributed by atoms with Gasteiger partial charge in [-0.25, -0.2) is 0 Å². The molecule has 1 amide bonds. The van der Waals surface area contributed by atoms with Crippen LogP contribution >= 0.6 is 0 Å². The van der Waals surface area contributed by atoms with Crippen molar-refractivity contribution >= 4 is 17.9 Å². The number of anilines is 1. The number of benzene rings is 1. The molecule has 1 aromatic carbocycles. The Morgan fingerprint density at radius 2 is 2.00 bits per heavy atom. The Morgan fingerprint density at radius 1 is 1.29 bits per heavy atom. The molecule has 9 heteroatoms. The van der Waals surface area contributed by atoms with Gasteiger partial charge in [0.1, 0.15) is 24.7 Å². The monoisotopic (exact) mass is 397 g/mol. The lowest BCUT2D eigenvalue weighted by atomic mass is 9.99. The molecule has 0 spiro atoms. The van der Waals surface area contributed by atoms with E-state index in [4.69, 9.17) is 14.9 Å². The number of hydrogen-bond donors (Lipinski definition) is 5. The van der Waals surface area contributed by atoms with Crippen molar-refractivity contribution in [1.82, 2.24) is 10.2 Å². The van der Waals surface area contributed by atoms with Gasteiger partial charge in [0.15, 0.2) is 0 Å². The fourth-order valence-corrected chi connectivity index (χ4v) is 2.62. The topological polar surface area (TPSA) is 131 Å². The standard InChI is InChI=1S/C19H31N3O6/c1-16(12-24)28-19(14-25,13-21-17-5-3-2-4-6-17)7-8-20-11-18(27)22(15-26)9-10-23/h2-6,12,16,20-21,23,25-26H,7-11,13-15H2,1H3. The van der Waals surface area contributed by atoms with Crippen LogP contribution in [0.25, 0.3) is 0 Å². The van der Waals surface area contributed by atoms with Crippen molar-refractivity contribution in [2.75, 3.05) is 51.4 Å². The molecule has 5 N–H and O–H groups in total. The molecule has 1 rings (SSSR count). The van der Waals surface area contributed by atoms with E-state index in [-0.39, 0.29) is 38.8 Å². The van der Waals surface area contributed by atoms with Crippen LogP contribution in [0.5, 0.6) is 0 Å². The van der Waals surface area contributed by atoms with E-state index < -0.39 is 18.4 Å². The van der Waals surface area contributed by atoms with Crippen LogP contribution in [-0.2, 0) is 14.3 Å². The Balaban J connectivity index is 2.63. The number of rotatable bonds is 15. The van der Waals surface area contributed by atoms with Gasteiger partial charge in [-0.3, -0.25) is 4.79 Å². The Kier molecular flexibility index (Phi) is 11.3. The fourth-order valence-electron chi connectivity index (χ4n) is 2.62. The molecule has 0 aliphatic rings. The number of hydrogen-bond acceptors (Lipinski definition) is 8. The summed E-state index contributed by atoms with van der Waals surface area (Å²) in [5.74, 6) is -0.351. The molecule has 0 saturated carbocycles. The number of para-hydroxylation sites is 1. The Labute approximate surface area is 165 Å². The van der Waals surface area contributed by atoms with Gasteiger partial charge in [0.25, 0.3) is 0 Å². The third-order valence-electron chi connectivity index (χ3n) is 4.23. The highest BCUT2D eigenvalue weighted by atomic mass is 16.5. The Bertz CT molecular complexity index is 574. The minimum atomic E-state index is -1.02. The van der Waals surface area contributed by atoms with Crippen molar-refractivity contribution in [2.24, 2.45) is 0 Å². The van der Waals surface area contributed by atoms with Gasteiger partial charge >= 0.3 is 0 Å². The second-order valence-electron chi connectivity index (χ2n) is 6.47. The van der Waals surface area contributed by atoms with Gasteiger partial charge < -0.3 is 40.4 Å². The first-order valence-corrected chi connectivity index (χ1v) is 9.23. The normalized spacial score (nSPS) is 14.1. The molecule has 0 aliphatic heterocycles. The van der Waals surface area contributed by atoms with E-state index in [0.717, 1.165) is 10.6 Å². The van der Waals surface area contributed by atoms with Crippen molar-refractivity contribution in [2.45, 2.75) is 25.0 Å². The summed E-state index contributed by atoms with van der Waals surface area (Å²) in [5.41, 5.74) is -0.165. The van der Waals surface area contributed by atoms with E-state index in [1.54, 1.807) is 6.92 Å². The molecular formula is C19H31N3O6. The number of nitrogens with zero attached hydrogens (tertiary/aromatic N) is 1. The molecule has 0 radical (unpaired) electrons. The van der Waals surface area contributed by atoms with Crippen LogP contribution in [-0.4, -0.2) is 90.2 Å². The lowest BCUT2D eigenvalue weighted by Crippen LogP contribution is -2.49. The number of amides is 1. The van der Waals surface area contributed by atoms with Gasteiger partial charge in [-0.15, -0.1) is 0 Å². The van der Waals surface area contributed by atoms with E-state index >= 15 is 0 Å². The first-order chi connectivity index (χ1) is 13.5. The molecule has 2 atom stereocenters. The second-order valence-corrected chi connectivity index (χ2v) is 6.47. The van der Waals surface area contributed by atoms with Gasteiger partial charge in [0.05, 0.1) is 19.8 Å². The SMILES string of the molecule is CC(C=O)OC(CO)(CCNCC(=O)N(CO)CCO)CNc1ccccc1.